The summed E-state index contributed by atoms with van der Waals surface area (Å²) in [7, 11) is -4.05. The third-order valence-corrected chi connectivity index (χ3v) is 5.66. The number of benzene rings is 2. The summed E-state index contributed by atoms with van der Waals surface area (Å²) in [5.74, 6) is -2.23. The lowest BCUT2D eigenvalue weighted by Crippen LogP contribution is -2.14. The van der Waals surface area contributed by atoms with Crippen molar-refractivity contribution in [2.45, 2.75) is 11.8 Å². The van der Waals surface area contributed by atoms with E-state index in [1.165, 1.54) is 11.3 Å². The minimum atomic E-state index is -4.05. The van der Waals surface area contributed by atoms with Gasteiger partial charge in [-0.05, 0) is 36.8 Å². The fraction of sp³-hybridized carbons (Fsp3) is 0.0667. The highest BCUT2D eigenvalue weighted by Crippen LogP contribution is 2.29. The summed E-state index contributed by atoms with van der Waals surface area (Å²) >= 11 is 1.17. The highest BCUT2D eigenvalue weighted by atomic mass is 32.2. The number of nitrogens with zero attached hydrogens (tertiary/aromatic N) is 1. The normalized spacial score (nSPS) is 11.5. The Kier molecular flexibility index (Phi) is 3.90. The summed E-state index contributed by atoms with van der Waals surface area (Å²) in [5, 5.41) is 20.5. The summed E-state index contributed by atoms with van der Waals surface area (Å²) in [6.07, 6.45) is 0. The summed E-state index contributed by atoms with van der Waals surface area (Å²) in [6.45, 7) is 1.92. The molecule has 0 aliphatic heterocycles. The van der Waals surface area contributed by atoms with E-state index in [-0.39, 0.29) is 10.0 Å². The summed E-state index contributed by atoms with van der Waals surface area (Å²) < 4.78 is 27.9. The van der Waals surface area contributed by atoms with E-state index in [9.17, 15) is 18.3 Å². The second kappa shape index (κ2) is 5.77. The molecule has 1 heterocycles. The number of carboxylic acid groups (broad SMARTS) is 1. The molecule has 0 saturated carbocycles. The molecule has 0 fully saturated rings. The van der Waals surface area contributed by atoms with E-state index in [1.807, 2.05) is 19.1 Å². The predicted molar refractivity (Wildman–Crippen MR) is 88.0 cm³/mol. The summed E-state index contributed by atoms with van der Waals surface area (Å²) in [4.78, 5) is 14.9. The molecule has 0 bridgehead atoms. The van der Waals surface area contributed by atoms with Gasteiger partial charge in [0.2, 0.25) is 0 Å². The summed E-state index contributed by atoms with van der Waals surface area (Å²) in [5.41, 5.74) is 1.08. The van der Waals surface area contributed by atoms with Crippen LogP contribution in [0, 0.1) is 6.92 Å². The zero-order valence-electron chi connectivity index (χ0n) is 12.3. The third kappa shape index (κ3) is 3.03. The Labute approximate surface area is 141 Å². The zero-order valence-corrected chi connectivity index (χ0v) is 13.9. The molecule has 3 rings (SSSR count). The first-order valence-corrected chi connectivity index (χ1v) is 9.00. The first kappa shape index (κ1) is 16.2. The third-order valence-electron chi connectivity index (χ3n) is 3.26. The number of aryl methyl sites for hydroxylation is 1. The van der Waals surface area contributed by atoms with E-state index in [2.05, 4.69) is 9.71 Å². The number of sulfonamides is 1. The van der Waals surface area contributed by atoms with Crippen LogP contribution < -0.4 is 9.83 Å². The van der Waals surface area contributed by atoms with Crippen LogP contribution >= 0.6 is 11.3 Å². The maximum absolute atomic E-state index is 12.4. The number of hydrogen-bond donors (Lipinski definition) is 2. The fourth-order valence-corrected chi connectivity index (χ4v) is 4.32. The van der Waals surface area contributed by atoms with Gasteiger partial charge in [0.25, 0.3) is 10.0 Å². The lowest BCUT2D eigenvalue weighted by atomic mass is 10.2. The molecule has 1 aromatic heterocycles. The number of rotatable bonds is 4. The van der Waals surface area contributed by atoms with Gasteiger partial charge < -0.3 is 10.2 Å². The van der Waals surface area contributed by atoms with E-state index in [0.717, 1.165) is 28.5 Å². The molecule has 0 radical (unpaired) electrons. The predicted octanol–water partition coefficient (Wildman–Crippen LogP) is 2.18. The van der Waals surface area contributed by atoms with Crippen LogP contribution in [0.25, 0.3) is 10.2 Å². The van der Waals surface area contributed by atoms with Crippen molar-refractivity contribution in [2.75, 3.05) is 4.72 Å². The zero-order chi connectivity index (χ0) is 17.5. The molecule has 0 unspecified atom stereocenters. The van der Waals surface area contributed by atoms with Gasteiger partial charge in [-0.2, -0.15) is 0 Å². The molecule has 0 aliphatic rings. The Hall–Kier alpha value is -2.65. The number of aromatic carboxylic acids is 1. The van der Waals surface area contributed by atoms with E-state index in [0.29, 0.717) is 5.52 Å². The van der Waals surface area contributed by atoms with Crippen molar-refractivity contribution in [3.8, 4) is 5.75 Å². The van der Waals surface area contributed by atoms with Gasteiger partial charge in [0.15, 0.2) is 5.13 Å². The van der Waals surface area contributed by atoms with Gasteiger partial charge in [0.05, 0.1) is 20.7 Å². The topological polar surface area (TPSA) is 119 Å². The van der Waals surface area contributed by atoms with Gasteiger partial charge in [0.1, 0.15) is 0 Å². The van der Waals surface area contributed by atoms with E-state index < -0.39 is 27.3 Å². The molecule has 0 amide bonds. The second-order valence-electron chi connectivity index (χ2n) is 5.06. The fourth-order valence-electron chi connectivity index (χ4n) is 2.09. The van der Waals surface area contributed by atoms with Crippen molar-refractivity contribution in [1.29, 1.82) is 0 Å². The molecule has 0 spiro atoms. The SMILES string of the molecule is Cc1ccc2nc(NS(=O)(=O)c3ccc([O-])c(C(=O)O)c3)sc2c1. The maximum atomic E-state index is 12.4. The number of fused-ring (bicyclic) bond motifs is 1. The molecule has 0 atom stereocenters. The number of nitrogens with one attached hydrogen (secondary N) is 1. The molecule has 3 aromatic rings. The lowest BCUT2D eigenvalue weighted by Gasteiger charge is -2.12. The largest absolute Gasteiger partial charge is 0.872 e. The Morgan fingerprint density at radius 1 is 1.25 bits per heavy atom. The molecule has 2 aromatic carbocycles. The number of hydrogen-bond acceptors (Lipinski definition) is 6. The highest BCUT2D eigenvalue weighted by molar-refractivity contribution is 7.93. The van der Waals surface area contributed by atoms with Gasteiger partial charge in [-0.15, -0.1) is 0 Å². The van der Waals surface area contributed by atoms with Crippen molar-refractivity contribution < 1.29 is 23.4 Å². The Morgan fingerprint density at radius 2 is 2.00 bits per heavy atom. The Morgan fingerprint density at radius 3 is 2.71 bits per heavy atom. The van der Waals surface area contributed by atoms with Crippen LogP contribution in [0.4, 0.5) is 5.13 Å². The molecule has 9 heteroatoms. The maximum Gasteiger partial charge on any atom is 0.335 e. The van der Waals surface area contributed by atoms with Crippen molar-refractivity contribution in [3.05, 3.63) is 47.5 Å². The van der Waals surface area contributed by atoms with Crippen LogP contribution in [0.5, 0.6) is 5.75 Å². The molecule has 124 valence electrons. The molecule has 0 aliphatic carbocycles. The van der Waals surface area contributed by atoms with Gasteiger partial charge >= 0.3 is 5.97 Å². The van der Waals surface area contributed by atoms with Crippen LogP contribution in [-0.4, -0.2) is 24.5 Å². The van der Waals surface area contributed by atoms with E-state index >= 15 is 0 Å². The average molecular weight is 363 g/mol. The standard InChI is InChI=1S/C15H12N2O5S2/c1-8-2-4-11-13(6-8)23-15(16-11)17-24(21,22)9-3-5-12(18)10(7-9)14(19)20/h2-7,18H,1H3,(H,16,17)(H,19,20)/p-1. The van der Waals surface area contributed by atoms with Crippen molar-refractivity contribution >= 4 is 42.7 Å². The van der Waals surface area contributed by atoms with E-state index in [1.54, 1.807) is 6.07 Å². The molecule has 2 N–H and O–H groups in total. The first-order chi connectivity index (χ1) is 11.3. The van der Waals surface area contributed by atoms with Crippen molar-refractivity contribution in [3.63, 3.8) is 0 Å². The molecule has 24 heavy (non-hydrogen) atoms. The number of thiazole rings is 1. The Bertz CT molecular complexity index is 1060. The minimum absolute atomic E-state index is 0.165. The molecule has 7 nitrogen and oxygen atoms in total. The number of anilines is 1. The van der Waals surface area contributed by atoms with Crippen molar-refractivity contribution in [2.24, 2.45) is 0 Å². The smallest absolute Gasteiger partial charge is 0.335 e. The monoisotopic (exact) mass is 363 g/mol. The van der Waals surface area contributed by atoms with Gasteiger partial charge in [-0.3, -0.25) is 4.72 Å². The number of carbonyl (C=O) groups is 1. The number of aromatic nitrogens is 1. The van der Waals surface area contributed by atoms with Crippen LogP contribution in [0.3, 0.4) is 0 Å². The lowest BCUT2D eigenvalue weighted by molar-refractivity contribution is -0.268. The summed E-state index contributed by atoms with van der Waals surface area (Å²) in [6, 6.07) is 8.36. The van der Waals surface area contributed by atoms with E-state index in [4.69, 9.17) is 5.11 Å². The number of carboxylic acids is 1. The Balaban J connectivity index is 1.98. The van der Waals surface area contributed by atoms with Crippen molar-refractivity contribution in [1.82, 2.24) is 4.98 Å². The second-order valence-corrected chi connectivity index (χ2v) is 7.77. The molecular formula is C15H11N2O5S2-. The van der Waals surface area contributed by atoms with Gasteiger partial charge in [-0.1, -0.05) is 29.2 Å². The van der Waals surface area contributed by atoms with Crippen LogP contribution in [0.2, 0.25) is 0 Å². The van der Waals surface area contributed by atoms with Crippen LogP contribution in [-0.2, 0) is 10.0 Å². The molecular weight excluding hydrogens is 352 g/mol. The van der Waals surface area contributed by atoms with Gasteiger partial charge in [0, 0.05) is 0 Å². The quantitative estimate of drug-likeness (QED) is 0.733. The minimum Gasteiger partial charge on any atom is -0.872 e. The first-order valence-electron chi connectivity index (χ1n) is 6.70. The highest BCUT2D eigenvalue weighted by Gasteiger charge is 2.18. The molecule has 0 saturated heterocycles. The van der Waals surface area contributed by atoms with Crippen LogP contribution in [0.15, 0.2) is 41.3 Å². The van der Waals surface area contributed by atoms with Crippen LogP contribution in [0.1, 0.15) is 15.9 Å². The van der Waals surface area contributed by atoms with Gasteiger partial charge in [-0.25, -0.2) is 18.2 Å². The average Bonchev–Trinajstić information content (AvgIpc) is 2.87.